The molecule has 3 heteroatoms. The molecule has 3 nitrogen and oxygen atoms in total. The van der Waals surface area contributed by atoms with Gasteiger partial charge in [0, 0.05) is 18.1 Å². The fourth-order valence-corrected chi connectivity index (χ4v) is 2.06. The van der Waals surface area contributed by atoms with Crippen LogP contribution in [-0.4, -0.2) is 9.78 Å². The van der Waals surface area contributed by atoms with Gasteiger partial charge in [-0.1, -0.05) is 18.2 Å². The van der Waals surface area contributed by atoms with Crippen LogP contribution in [0.25, 0.3) is 22.0 Å². The van der Waals surface area contributed by atoms with Gasteiger partial charge in [0.25, 0.3) is 0 Å². The summed E-state index contributed by atoms with van der Waals surface area (Å²) >= 11 is 0. The normalized spacial score (nSPS) is 10.9. The van der Waals surface area contributed by atoms with E-state index < -0.39 is 0 Å². The second kappa shape index (κ2) is 3.63. The molecule has 84 valence electrons. The highest BCUT2D eigenvalue weighted by molar-refractivity contribution is 5.84. The predicted molar refractivity (Wildman–Crippen MR) is 70.6 cm³/mol. The molecule has 2 N–H and O–H groups in total. The third kappa shape index (κ3) is 1.65. The fourth-order valence-electron chi connectivity index (χ4n) is 2.06. The molecule has 0 saturated carbocycles. The summed E-state index contributed by atoms with van der Waals surface area (Å²) in [4.78, 5) is 0. The smallest absolute Gasteiger partial charge is 0.0679 e. The zero-order valence-electron chi connectivity index (χ0n) is 9.59. The summed E-state index contributed by atoms with van der Waals surface area (Å²) in [6.07, 6.45) is 1.88. The number of nitrogens with two attached hydrogens (primary N) is 1. The molecule has 0 spiro atoms. The Morgan fingerprint density at radius 3 is 2.71 bits per heavy atom. The summed E-state index contributed by atoms with van der Waals surface area (Å²) in [5.41, 5.74) is 10.0. The highest BCUT2D eigenvalue weighted by Gasteiger charge is 2.02. The molecule has 1 aromatic heterocycles. The molecule has 0 bridgehead atoms. The summed E-state index contributed by atoms with van der Waals surface area (Å²) in [6, 6.07) is 14.2. The number of nitrogens with zero attached hydrogens (tertiary/aromatic N) is 2. The summed E-state index contributed by atoms with van der Waals surface area (Å²) in [7, 11) is 1.95. The van der Waals surface area contributed by atoms with Gasteiger partial charge in [-0.25, -0.2) is 0 Å². The van der Waals surface area contributed by atoms with Gasteiger partial charge in [0.2, 0.25) is 0 Å². The standard InChI is InChI=1S/C14H13N3/c1-17-14-6-5-11(7-12(14)9-16-17)10-3-2-4-13(15)8-10/h2-9H,15H2,1H3. The fraction of sp³-hybridized carbons (Fsp3) is 0.0714. The van der Waals surface area contributed by atoms with E-state index in [0.717, 1.165) is 27.7 Å². The van der Waals surface area contributed by atoms with Crippen molar-refractivity contribution in [3.05, 3.63) is 48.7 Å². The molecule has 17 heavy (non-hydrogen) atoms. The van der Waals surface area contributed by atoms with Crippen LogP contribution in [0, 0.1) is 0 Å². The van der Waals surface area contributed by atoms with Crippen molar-refractivity contribution < 1.29 is 0 Å². The van der Waals surface area contributed by atoms with Crippen LogP contribution in [0.1, 0.15) is 0 Å². The topological polar surface area (TPSA) is 43.8 Å². The minimum absolute atomic E-state index is 0.786. The third-order valence-electron chi connectivity index (χ3n) is 2.97. The Labute approximate surface area is 99.5 Å². The molecule has 0 atom stereocenters. The maximum absolute atomic E-state index is 5.80. The van der Waals surface area contributed by atoms with E-state index in [1.807, 2.05) is 36.1 Å². The van der Waals surface area contributed by atoms with E-state index in [4.69, 9.17) is 5.73 Å². The summed E-state index contributed by atoms with van der Waals surface area (Å²) < 4.78 is 1.87. The zero-order chi connectivity index (χ0) is 11.8. The minimum atomic E-state index is 0.786. The molecule has 0 aliphatic rings. The second-order valence-electron chi connectivity index (χ2n) is 4.17. The maximum atomic E-state index is 5.80. The molecular formula is C14H13N3. The van der Waals surface area contributed by atoms with Crippen molar-refractivity contribution in [2.75, 3.05) is 5.73 Å². The first-order valence-corrected chi connectivity index (χ1v) is 5.52. The highest BCUT2D eigenvalue weighted by atomic mass is 15.2. The van der Waals surface area contributed by atoms with E-state index in [-0.39, 0.29) is 0 Å². The first-order chi connectivity index (χ1) is 8.24. The lowest BCUT2D eigenvalue weighted by Gasteiger charge is -2.03. The number of benzene rings is 2. The van der Waals surface area contributed by atoms with Gasteiger partial charge in [-0.15, -0.1) is 0 Å². The largest absolute Gasteiger partial charge is 0.399 e. The molecule has 0 fully saturated rings. The molecule has 0 radical (unpaired) electrons. The number of rotatable bonds is 1. The van der Waals surface area contributed by atoms with Crippen LogP contribution >= 0.6 is 0 Å². The molecule has 0 aliphatic carbocycles. The Kier molecular flexibility index (Phi) is 2.11. The van der Waals surface area contributed by atoms with E-state index in [0.29, 0.717) is 0 Å². The molecule has 0 aliphatic heterocycles. The van der Waals surface area contributed by atoms with E-state index in [9.17, 15) is 0 Å². The monoisotopic (exact) mass is 223 g/mol. The van der Waals surface area contributed by atoms with Crippen LogP contribution in [-0.2, 0) is 7.05 Å². The molecule has 2 aromatic carbocycles. The first kappa shape index (κ1) is 9.90. The lowest BCUT2D eigenvalue weighted by Crippen LogP contribution is -1.88. The molecular weight excluding hydrogens is 210 g/mol. The summed E-state index contributed by atoms with van der Waals surface area (Å²) in [5, 5.41) is 5.39. The number of fused-ring (bicyclic) bond motifs is 1. The van der Waals surface area contributed by atoms with Gasteiger partial charge < -0.3 is 5.73 Å². The SMILES string of the molecule is Cn1ncc2cc(-c3cccc(N)c3)ccc21. The van der Waals surface area contributed by atoms with Crippen LogP contribution < -0.4 is 5.73 Å². The number of anilines is 1. The number of aryl methyl sites for hydroxylation is 1. The Morgan fingerprint density at radius 1 is 1.06 bits per heavy atom. The van der Waals surface area contributed by atoms with Crippen molar-refractivity contribution in [2.45, 2.75) is 0 Å². The highest BCUT2D eigenvalue weighted by Crippen LogP contribution is 2.25. The molecule has 3 aromatic rings. The Bertz CT molecular complexity index is 683. The Hall–Kier alpha value is -2.29. The summed E-state index contributed by atoms with van der Waals surface area (Å²) in [6.45, 7) is 0. The van der Waals surface area contributed by atoms with Gasteiger partial charge in [-0.2, -0.15) is 5.10 Å². The Morgan fingerprint density at radius 2 is 1.88 bits per heavy atom. The van der Waals surface area contributed by atoms with Gasteiger partial charge in [0.05, 0.1) is 11.7 Å². The predicted octanol–water partition coefficient (Wildman–Crippen LogP) is 2.82. The number of nitrogen functional groups attached to an aromatic ring is 1. The van der Waals surface area contributed by atoms with Gasteiger partial charge in [-0.05, 0) is 35.4 Å². The van der Waals surface area contributed by atoms with Crippen molar-refractivity contribution in [3.8, 4) is 11.1 Å². The lowest BCUT2D eigenvalue weighted by molar-refractivity contribution is 0.797. The van der Waals surface area contributed by atoms with Crippen LogP contribution in [0.2, 0.25) is 0 Å². The van der Waals surface area contributed by atoms with Gasteiger partial charge in [0.1, 0.15) is 0 Å². The van der Waals surface area contributed by atoms with E-state index in [1.54, 1.807) is 0 Å². The molecule has 0 unspecified atom stereocenters. The van der Waals surface area contributed by atoms with Crippen LogP contribution in [0.3, 0.4) is 0 Å². The van der Waals surface area contributed by atoms with Crippen molar-refractivity contribution in [3.63, 3.8) is 0 Å². The van der Waals surface area contributed by atoms with Crippen molar-refractivity contribution in [1.29, 1.82) is 0 Å². The molecule has 0 saturated heterocycles. The average molecular weight is 223 g/mol. The van der Waals surface area contributed by atoms with Gasteiger partial charge >= 0.3 is 0 Å². The average Bonchev–Trinajstić information content (AvgIpc) is 2.71. The second-order valence-corrected chi connectivity index (χ2v) is 4.17. The van der Waals surface area contributed by atoms with Crippen molar-refractivity contribution >= 4 is 16.6 Å². The first-order valence-electron chi connectivity index (χ1n) is 5.52. The number of hydrogen-bond acceptors (Lipinski definition) is 2. The number of hydrogen-bond donors (Lipinski definition) is 1. The van der Waals surface area contributed by atoms with Crippen LogP contribution in [0.5, 0.6) is 0 Å². The minimum Gasteiger partial charge on any atom is -0.399 e. The molecule has 1 heterocycles. The zero-order valence-corrected chi connectivity index (χ0v) is 9.59. The molecule has 3 rings (SSSR count). The number of aromatic nitrogens is 2. The van der Waals surface area contributed by atoms with Crippen molar-refractivity contribution in [2.24, 2.45) is 7.05 Å². The Balaban J connectivity index is 2.18. The van der Waals surface area contributed by atoms with Gasteiger partial charge in [-0.3, -0.25) is 4.68 Å². The van der Waals surface area contributed by atoms with E-state index >= 15 is 0 Å². The van der Waals surface area contributed by atoms with Gasteiger partial charge in [0.15, 0.2) is 0 Å². The summed E-state index contributed by atoms with van der Waals surface area (Å²) in [5.74, 6) is 0. The quantitative estimate of drug-likeness (QED) is 0.645. The maximum Gasteiger partial charge on any atom is 0.0679 e. The van der Waals surface area contributed by atoms with E-state index in [1.165, 1.54) is 0 Å². The van der Waals surface area contributed by atoms with Crippen molar-refractivity contribution in [1.82, 2.24) is 9.78 Å². The third-order valence-corrected chi connectivity index (χ3v) is 2.97. The van der Waals surface area contributed by atoms with Crippen LogP contribution in [0.4, 0.5) is 5.69 Å². The molecule has 0 amide bonds. The van der Waals surface area contributed by atoms with E-state index in [2.05, 4.69) is 29.4 Å². The van der Waals surface area contributed by atoms with Crippen LogP contribution in [0.15, 0.2) is 48.7 Å². The lowest BCUT2D eigenvalue weighted by atomic mass is 10.0.